The summed E-state index contributed by atoms with van der Waals surface area (Å²) in [5.41, 5.74) is 2.92. The molecule has 21 heavy (non-hydrogen) atoms. The topological polar surface area (TPSA) is 12.0 Å². The van der Waals surface area contributed by atoms with Crippen LogP contribution < -0.4 is 5.32 Å². The molecule has 0 saturated heterocycles. The minimum Gasteiger partial charge on any atom is -0.319 e. The molecule has 1 nitrogen and oxygen atoms in total. The van der Waals surface area contributed by atoms with Crippen molar-refractivity contribution in [2.45, 2.75) is 12.8 Å². The van der Waals surface area contributed by atoms with Crippen molar-refractivity contribution in [3.05, 3.63) is 71.1 Å². The first-order chi connectivity index (χ1) is 10.4. The minimum absolute atomic E-state index is 0.635. The first kappa shape index (κ1) is 14.3. The summed E-state index contributed by atoms with van der Waals surface area (Å²) in [5, 5.41) is 7.11. The van der Waals surface area contributed by atoms with Gasteiger partial charge in [0.15, 0.2) is 0 Å². The van der Waals surface area contributed by atoms with Gasteiger partial charge in [-0.15, -0.1) is 11.3 Å². The summed E-state index contributed by atoms with van der Waals surface area (Å²) in [6.07, 6.45) is 2.27. The minimum atomic E-state index is 0.635. The summed E-state index contributed by atoms with van der Waals surface area (Å²) in [7, 11) is 2.05. The smallest absolute Gasteiger partial charge is 0.0345 e. The summed E-state index contributed by atoms with van der Waals surface area (Å²) < 4.78 is 1.40. The van der Waals surface area contributed by atoms with E-state index >= 15 is 0 Å². The van der Waals surface area contributed by atoms with Crippen LogP contribution in [0.1, 0.15) is 11.1 Å². The van der Waals surface area contributed by atoms with Crippen LogP contribution in [0.5, 0.6) is 0 Å². The van der Waals surface area contributed by atoms with Crippen LogP contribution in [0.4, 0.5) is 0 Å². The van der Waals surface area contributed by atoms with Crippen LogP contribution in [0.25, 0.3) is 10.1 Å². The predicted molar refractivity (Wildman–Crippen MR) is 93.1 cm³/mol. The van der Waals surface area contributed by atoms with Crippen LogP contribution in [0, 0.1) is 5.92 Å². The first-order valence-corrected chi connectivity index (χ1v) is 8.38. The van der Waals surface area contributed by atoms with E-state index in [2.05, 4.69) is 65.3 Å². The van der Waals surface area contributed by atoms with Crippen LogP contribution in [0.15, 0.2) is 60.0 Å². The quantitative estimate of drug-likeness (QED) is 0.705. The summed E-state index contributed by atoms with van der Waals surface area (Å²) in [6.45, 7) is 1.05. The Morgan fingerprint density at radius 1 is 0.952 bits per heavy atom. The van der Waals surface area contributed by atoms with Gasteiger partial charge in [0.25, 0.3) is 0 Å². The maximum absolute atomic E-state index is 3.35. The number of fused-ring (bicyclic) bond motifs is 1. The maximum atomic E-state index is 3.35. The lowest BCUT2D eigenvalue weighted by molar-refractivity contribution is 0.495. The first-order valence-electron chi connectivity index (χ1n) is 7.50. The normalized spacial score (nSPS) is 12.6. The fourth-order valence-corrected chi connectivity index (χ4v) is 3.93. The van der Waals surface area contributed by atoms with Crippen LogP contribution >= 0.6 is 11.3 Å². The van der Waals surface area contributed by atoms with Gasteiger partial charge in [0, 0.05) is 4.70 Å². The Hall–Kier alpha value is -1.64. The molecule has 0 spiro atoms. The van der Waals surface area contributed by atoms with Crippen molar-refractivity contribution >= 4 is 21.4 Å². The van der Waals surface area contributed by atoms with Crippen LogP contribution in [-0.2, 0) is 12.8 Å². The number of benzene rings is 2. The van der Waals surface area contributed by atoms with E-state index in [4.69, 9.17) is 0 Å². The molecule has 2 aromatic carbocycles. The second-order valence-corrected chi connectivity index (χ2v) is 6.49. The number of hydrogen-bond acceptors (Lipinski definition) is 2. The molecule has 1 unspecified atom stereocenters. The van der Waals surface area contributed by atoms with E-state index in [0.717, 1.165) is 19.4 Å². The van der Waals surface area contributed by atoms with Gasteiger partial charge >= 0.3 is 0 Å². The Balaban J connectivity index is 1.78. The molecule has 2 heteroatoms. The van der Waals surface area contributed by atoms with Crippen LogP contribution in [-0.4, -0.2) is 13.6 Å². The zero-order valence-corrected chi connectivity index (χ0v) is 13.2. The van der Waals surface area contributed by atoms with Gasteiger partial charge in [-0.05, 0) is 60.3 Å². The second-order valence-electron chi connectivity index (χ2n) is 5.57. The van der Waals surface area contributed by atoms with Crippen molar-refractivity contribution in [1.82, 2.24) is 5.32 Å². The Bertz CT molecular complexity index is 687. The van der Waals surface area contributed by atoms with E-state index in [1.807, 2.05) is 18.4 Å². The van der Waals surface area contributed by atoms with Crippen LogP contribution in [0.3, 0.4) is 0 Å². The lowest BCUT2D eigenvalue weighted by Gasteiger charge is -2.16. The van der Waals surface area contributed by atoms with Crippen molar-refractivity contribution < 1.29 is 0 Å². The third kappa shape index (κ3) is 3.52. The predicted octanol–water partition coefficient (Wildman–Crippen LogP) is 4.52. The van der Waals surface area contributed by atoms with E-state index in [1.165, 1.54) is 21.2 Å². The van der Waals surface area contributed by atoms with E-state index < -0.39 is 0 Å². The van der Waals surface area contributed by atoms with E-state index in [-0.39, 0.29) is 0 Å². The van der Waals surface area contributed by atoms with Crippen molar-refractivity contribution in [1.29, 1.82) is 0 Å². The van der Waals surface area contributed by atoms with Gasteiger partial charge in [-0.25, -0.2) is 0 Å². The van der Waals surface area contributed by atoms with Crippen molar-refractivity contribution in [3.8, 4) is 0 Å². The number of thiophene rings is 1. The van der Waals surface area contributed by atoms with Gasteiger partial charge in [0.1, 0.15) is 0 Å². The van der Waals surface area contributed by atoms with E-state index in [9.17, 15) is 0 Å². The van der Waals surface area contributed by atoms with Crippen molar-refractivity contribution in [3.63, 3.8) is 0 Å². The summed E-state index contributed by atoms with van der Waals surface area (Å²) in [4.78, 5) is 0. The number of nitrogens with one attached hydrogen (secondary N) is 1. The van der Waals surface area contributed by atoms with Gasteiger partial charge in [0.2, 0.25) is 0 Å². The molecule has 108 valence electrons. The highest BCUT2D eigenvalue weighted by Gasteiger charge is 2.13. The molecule has 1 aromatic heterocycles. The largest absolute Gasteiger partial charge is 0.319 e. The highest BCUT2D eigenvalue weighted by Crippen LogP contribution is 2.28. The van der Waals surface area contributed by atoms with Gasteiger partial charge in [-0.1, -0.05) is 48.5 Å². The third-order valence-corrected chi connectivity index (χ3v) is 4.94. The Morgan fingerprint density at radius 3 is 2.52 bits per heavy atom. The molecule has 0 aliphatic rings. The van der Waals surface area contributed by atoms with Crippen molar-refractivity contribution in [2.24, 2.45) is 5.92 Å². The summed E-state index contributed by atoms with van der Waals surface area (Å²) in [6, 6.07) is 19.5. The molecule has 0 radical (unpaired) electrons. The second kappa shape index (κ2) is 6.88. The zero-order chi connectivity index (χ0) is 14.5. The standard InChI is InChI=1S/C19H21NS/c1-20-13-16(11-15-7-3-2-4-8-15)12-17-14-21-19-10-6-5-9-18(17)19/h2-10,14,16,20H,11-13H2,1H3. The van der Waals surface area contributed by atoms with Gasteiger partial charge in [-0.3, -0.25) is 0 Å². The molecule has 0 aliphatic heterocycles. The van der Waals surface area contributed by atoms with Gasteiger partial charge in [0.05, 0.1) is 0 Å². The zero-order valence-electron chi connectivity index (χ0n) is 12.4. The molecule has 1 heterocycles. The van der Waals surface area contributed by atoms with E-state index in [1.54, 1.807) is 0 Å². The molecule has 1 N–H and O–H groups in total. The van der Waals surface area contributed by atoms with Crippen molar-refractivity contribution in [2.75, 3.05) is 13.6 Å². The number of hydrogen-bond donors (Lipinski definition) is 1. The Morgan fingerprint density at radius 2 is 1.71 bits per heavy atom. The molecular weight excluding hydrogens is 274 g/mol. The van der Waals surface area contributed by atoms with Gasteiger partial charge in [-0.2, -0.15) is 0 Å². The average molecular weight is 295 g/mol. The molecule has 1 atom stereocenters. The third-order valence-electron chi connectivity index (χ3n) is 3.93. The SMILES string of the molecule is CNCC(Cc1ccccc1)Cc1csc2ccccc12. The molecule has 0 fully saturated rings. The summed E-state index contributed by atoms with van der Waals surface area (Å²) >= 11 is 1.86. The Kier molecular flexibility index (Phi) is 4.69. The molecule has 0 saturated carbocycles. The average Bonchev–Trinajstić information content (AvgIpc) is 2.92. The molecule has 0 bridgehead atoms. The Labute approximate surface area is 130 Å². The highest BCUT2D eigenvalue weighted by atomic mass is 32.1. The maximum Gasteiger partial charge on any atom is 0.0345 e. The highest BCUT2D eigenvalue weighted by molar-refractivity contribution is 7.17. The van der Waals surface area contributed by atoms with Crippen LogP contribution in [0.2, 0.25) is 0 Å². The molecule has 3 rings (SSSR count). The van der Waals surface area contributed by atoms with E-state index in [0.29, 0.717) is 5.92 Å². The fourth-order valence-electron chi connectivity index (χ4n) is 2.95. The number of rotatable bonds is 6. The monoisotopic (exact) mass is 295 g/mol. The van der Waals surface area contributed by atoms with Gasteiger partial charge < -0.3 is 5.32 Å². The summed E-state index contributed by atoms with van der Waals surface area (Å²) in [5.74, 6) is 0.635. The molecule has 0 amide bonds. The molecular formula is C19H21NS. The molecule has 3 aromatic rings. The molecule has 0 aliphatic carbocycles. The lowest BCUT2D eigenvalue weighted by atomic mass is 9.92. The lowest BCUT2D eigenvalue weighted by Crippen LogP contribution is -2.22. The fraction of sp³-hybridized carbons (Fsp3) is 0.263.